The summed E-state index contributed by atoms with van der Waals surface area (Å²) in [5.41, 5.74) is 2.83. The van der Waals surface area contributed by atoms with Gasteiger partial charge in [-0.05, 0) is 50.2 Å². The summed E-state index contributed by atoms with van der Waals surface area (Å²) in [6, 6.07) is 10.4. The molecule has 0 saturated carbocycles. The molecule has 2 amide bonds. The Morgan fingerprint density at radius 1 is 1.15 bits per heavy atom. The van der Waals surface area contributed by atoms with Crippen molar-refractivity contribution in [2.24, 2.45) is 0 Å². The van der Waals surface area contributed by atoms with E-state index in [1.54, 1.807) is 41.1 Å². The zero-order valence-corrected chi connectivity index (χ0v) is 15.7. The number of rotatable bonds is 6. The van der Waals surface area contributed by atoms with E-state index in [-0.39, 0.29) is 24.9 Å². The standard InChI is InChI=1S/C19H19ClN4O3/c1-12-18(20)13(2)24(23-12)15-7-5-14(6-8-15)19(26)22-11-17(25)21-10-16-4-3-9-27-16/h3-9H,10-11H2,1-2H3,(H,21,25)(H,22,26). The molecular formula is C19H19ClN4O3. The van der Waals surface area contributed by atoms with Crippen LogP contribution in [0.4, 0.5) is 0 Å². The van der Waals surface area contributed by atoms with Crippen molar-refractivity contribution in [1.82, 2.24) is 20.4 Å². The number of nitrogens with one attached hydrogen (secondary N) is 2. The van der Waals surface area contributed by atoms with Crippen LogP contribution in [0.5, 0.6) is 0 Å². The van der Waals surface area contributed by atoms with E-state index in [0.717, 1.165) is 17.1 Å². The van der Waals surface area contributed by atoms with Crippen LogP contribution in [-0.2, 0) is 11.3 Å². The number of carbonyl (C=O) groups excluding carboxylic acids is 2. The number of halogens is 1. The van der Waals surface area contributed by atoms with Crippen molar-refractivity contribution >= 4 is 23.4 Å². The van der Waals surface area contributed by atoms with Gasteiger partial charge in [0.2, 0.25) is 5.91 Å². The molecule has 2 N–H and O–H groups in total. The van der Waals surface area contributed by atoms with Gasteiger partial charge < -0.3 is 15.1 Å². The van der Waals surface area contributed by atoms with Crippen LogP contribution in [0.2, 0.25) is 5.02 Å². The zero-order chi connectivity index (χ0) is 19.4. The Morgan fingerprint density at radius 2 is 1.89 bits per heavy atom. The van der Waals surface area contributed by atoms with Crippen molar-refractivity contribution in [3.05, 3.63) is 70.4 Å². The fourth-order valence-corrected chi connectivity index (χ4v) is 2.67. The third kappa shape index (κ3) is 4.38. The summed E-state index contributed by atoms with van der Waals surface area (Å²) in [6.45, 7) is 3.88. The molecule has 0 radical (unpaired) electrons. The first-order valence-electron chi connectivity index (χ1n) is 8.35. The molecule has 27 heavy (non-hydrogen) atoms. The van der Waals surface area contributed by atoms with Crippen LogP contribution in [0.25, 0.3) is 5.69 Å². The minimum Gasteiger partial charge on any atom is -0.467 e. The van der Waals surface area contributed by atoms with E-state index < -0.39 is 0 Å². The Bertz CT molecular complexity index is 946. The molecule has 2 heterocycles. The third-order valence-electron chi connectivity index (χ3n) is 4.03. The molecule has 0 fully saturated rings. The molecule has 0 spiro atoms. The van der Waals surface area contributed by atoms with Gasteiger partial charge in [0.25, 0.3) is 5.91 Å². The average molecular weight is 387 g/mol. The molecule has 7 nitrogen and oxygen atoms in total. The molecule has 3 aromatic rings. The highest BCUT2D eigenvalue weighted by molar-refractivity contribution is 6.31. The molecule has 8 heteroatoms. The Hall–Kier alpha value is -3.06. The first-order chi connectivity index (χ1) is 13.0. The van der Waals surface area contributed by atoms with E-state index in [1.807, 2.05) is 13.8 Å². The SMILES string of the molecule is Cc1nn(-c2ccc(C(=O)NCC(=O)NCc3ccco3)cc2)c(C)c1Cl. The molecule has 1 aromatic carbocycles. The molecule has 140 valence electrons. The number of hydrogen-bond donors (Lipinski definition) is 2. The Labute approximate surface area is 161 Å². The van der Waals surface area contributed by atoms with Crippen LogP contribution in [0.15, 0.2) is 47.1 Å². The highest BCUT2D eigenvalue weighted by Gasteiger charge is 2.12. The summed E-state index contributed by atoms with van der Waals surface area (Å²) < 4.78 is 6.85. The van der Waals surface area contributed by atoms with Gasteiger partial charge in [0.1, 0.15) is 5.76 Å². The number of furan rings is 1. The number of nitrogens with zero attached hydrogens (tertiary/aromatic N) is 2. The van der Waals surface area contributed by atoms with Crippen LogP contribution < -0.4 is 10.6 Å². The summed E-state index contributed by atoms with van der Waals surface area (Å²) in [4.78, 5) is 24.0. The highest BCUT2D eigenvalue weighted by Crippen LogP contribution is 2.22. The molecule has 3 rings (SSSR count). The molecular weight excluding hydrogens is 368 g/mol. The number of hydrogen-bond acceptors (Lipinski definition) is 4. The molecule has 0 unspecified atom stereocenters. The quantitative estimate of drug-likeness (QED) is 0.681. The first-order valence-corrected chi connectivity index (χ1v) is 8.73. The summed E-state index contributed by atoms with van der Waals surface area (Å²) in [6.07, 6.45) is 1.53. The van der Waals surface area contributed by atoms with Gasteiger partial charge in [-0.15, -0.1) is 0 Å². The molecule has 0 aliphatic heterocycles. The maximum atomic E-state index is 12.2. The van der Waals surface area contributed by atoms with Crippen LogP contribution >= 0.6 is 11.6 Å². The normalized spacial score (nSPS) is 10.6. The van der Waals surface area contributed by atoms with Gasteiger partial charge in [-0.3, -0.25) is 9.59 Å². The molecule has 0 saturated heterocycles. The van der Waals surface area contributed by atoms with Crippen molar-refractivity contribution in [3.8, 4) is 5.69 Å². The second-order valence-corrected chi connectivity index (χ2v) is 6.36. The lowest BCUT2D eigenvalue weighted by Gasteiger charge is -2.08. The molecule has 0 aliphatic rings. The van der Waals surface area contributed by atoms with Crippen LogP contribution in [0, 0.1) is 13.8 Å². The largest absolute Gasteiger partial charge is 0.467 e. The lowest BCUT2D eigenvalue weighted by atomic mass is 10.2. The number of aryl methyl sites for hydroxylation is 1. The van der Waals surface area contributed by atoms with E-state index >= 15 is 0 Å². The number of carbonyl (C=O) groups is 2. The molecule has 0 bridgehead atoms. The maximum Gasteiger partial charge on any atom is 0.251 e. The van der Waals surface area contributed by atoms with Crippen molar-refractivity contribution in [3.63, 3.8) is 0 Å². The monoisotopic (exact) mass is 386 g/mol. The lowest BCUT2D eigenvalue weighted by molar-refractivity contribution is -0.120. The van der Waals surface area contributed by atoms with Crippen LogP contribution in [-0.4, -0.2) is 28.1 Å². The maximum absolute atomic E-state index is 12.2. The smallest absolute Gasteiger partial charge is 0.251 e. The number of amides is 2. The summed E-state index contributed by atoms with van der Waals surface area (Å²) in [5.74, 6) is 0.0178. The van der Waals surface area contributed by atoms with E-state index in [0.29, 0.717) is 16.3 Å². The van der Waals surface area contributed by atoms with Gasteiger partial charge in [0, 0.05) is 5.56 Å². The van der Waals surface area contributed by atoms with Gasteiger partial charge in [0.05, 0.1) is 41.5 Å². The average Bonchev–Trinajstić information content (AvgIpc) is 3.29. The Kier molecular flexibility index (Phi) is 5.61. The third-order valence-corrected chi connectivity index (χ3v) is 4.57. The molecule has 0 atom stereocenters. The minimum atomic E-state index is -0.332. The van der Waals surface area contributed by atoms with Crippen molar-refractivity contribution in [1.29, 1.82) is 0 Å². The van der Waals surface area contributed by atoms with E-state index in [4.69, 9.17) is 16.0 Å². The van der Waals surface area contributed by atoms with Crippen molar-refractivity contribution in [2.75, 3.05) is 6.54 Å². The molecule has 0 aliphatic carbocycles. The van der Waals surface area contributed by atoms with Crippen LogP contribution in [0.1, 0.15) is 27.5 Å². The van der Waals surface area contributed by atoms with Gasteiger partial charge >= 0.3 is 0 Å². The van der Waals surface area contributed by atoms with Gasteiger partial charge in [-0.1, -0.05) is 11.6 Å². The highest BCUT2D eigenvalue weighted by atomic mass is 35.5. The van der Waals surface area contributed by atoms with Gasteiger partial charge in [-0.2, -0.15) is 5.10 Å². The zero-order valence-electron chi connectivity index (χ0n) is 15.0. The van der Waals surface area contributed by atoms with Gasteiger partial charge in [0.15, 0.2) is 0 Å². The lowest BCUT2D eigenvalue weighted by Crippen LogP contribution is -2.36. The number of aromatic nitrogens is 2. The van der Waals surface area contributed by atoms with Crippen molar-refractivity contribution < 1.29 is 14.0 Å². The van der Waals surface area contributed by atoms with E-state index in [2.05, 4.69) is 15.7 Å². The Morgan fingerprint density at radius 3 is 2.48 bits per heavy atom. The first kappa shape index (κ1) is 18.7. The van der Waals surface area contributed by atoms with E-state index in [9.17, 15) is 9.59 Å². The van der Waals surface area contributed by atoms with E-state index in [1.165, 1.54) is 6.26 Å². The second-order valence-electron chi connectivity index (χ2n) is 5.98. The summed E-state index contributed by atoms with van der Waals surface area (Å²) in [5, 5.41) is 10.3. The molecule has 2 aromatic heterocycles. The fourth-order valence-electron chi connectivity index (χ4n) is 2.55. The summed E-state index contributed by atoms with van der Waals surface area (Å²) >= 11 is 6.17. The van der Waals surface area contributed by atoms with Crippen molar-refractivity contribution in [2.45, 2.75) is 20.4 Å². The Balaban J connectivity index is 1.55. The van der Waals surface area contributed by atoms with Gasteiger partial charge in [-0.25, -0.2) is 4.68 Å². The second kappa shape index (κ2) is 8.09. The predicted octanol–water partition coefficient (Wildman–Crippen LogP) is 2.78. The minimum absolute atomic E-state index is 0.117. The topological polar surface area (TPSA) is 89.2 Å². The number of benzene rings is 1. The summed E-state index contributed by atoms with van der Waals surface area (Å²) in [7, 11) is 0. The fraction of sp³-hybridized carbons (Fsp3) is 0.211. The van der Waals surface area contributed by atoms with Crippen LogP contribution in [0.3, 0.4) is 0 Å². The predicted molar refractivity (Wildman–Crippen MR) is 101 cm³/mol.